The van der Waals surface area contributed by atoms with Gasteiger partial charge in [-0.2, -0.15) is 0 Å². The van der Waals surface area contributed by atoms with Crippen LogP contribution in [0.4, 0.5) is 0 Å². The monoisotopic (exact) mass is 218 g/mol. The van der Waals surface area contributed by atoms with Gasteiger partial charge in [0.05, 0.1) is 0 Å². The van der Waals surface area contributed by atoms with Crippen molar-refractivity contribution in [1.29, 1.82) is 0 Å². The molecule has 0 aromatic heterocycles. The van der Waals surface area contributed by atoms with E-state index in [1.165, 1.54) is 29.2 Å². The van der Waals surface area contributed by atoms with Crippen LogP contribution in [0, 0.1) is 13.8 Å². The lowest BCUT2D eigenvalue weighted by molar-refractivity contribution is -0.147. The molecule has 16 heavy (non-hydrogen) atoms. The molecule has 0 radical (unpaired) electrons. The fourth-order valence-electron chi connectivity index (χ4n) is 2.60. The molecule has 0 unspecified atom stereocenters. The third kappa shape index (κ3) is 1.97. The molecule has 0 saturated carbocycles. The summed E-state index contributed by atoms with van der Waals surface area (Å²) in [4.78, 5) is 11.1. The van der Waals surface area contributed by atoms with Gasteiger partial charge in [-0.1, -0.05) is 12.1 Å². The Morgan fingerprint density at radius 3 is 2.69 bits per heavy atom. The highest BCUT2D eigenvalue weighted by Gasteiger charge is 2.25. The van der Waals surface area contributed by atoms with Gasteiger partial charge >= 0.3 is 5.97 Å². The topological polar surface area (TPSA) is 26.3 Å². The Morgan fingerprint density at radius 1 is 1.31 bits per heavy atom. The zero-order valence-corrected chi connectivity index (χ0v) is 10.2. The molecule has 1 aromatic carbocycles. The number of carbonyl (C=O) groups is 1. The molecule has 0 amide bonds. The van der Waals surface area contributed by atoms with Gasteiger partial charge in [0, 0.05) is 6.92 Å². The first kappa shape index (κ1) is 11.2. The summed E-state index contributed by atoms with van der Waals surface area (Å²) in [6.07, 6.45) is 3.15. The maximum Gasteiger partial charge on any atom is 0.303 e. The summed E-state index contributed by atoms with van der Waals surface area (Å²) in [5, 5.41) is 0. The van der Waals surface area contributed by atoms with Gasteiger partial charge < -0.3 is 4.74 Å². The van der Waals surface area contributed by atoms with Crippen molar-refractivity contribution in [3.8, 4) is 0 Å². The highest BCUT2D eigenvalue weighted by molar-refractivity contribution is 5.66. The highest BCUT2D eigenvalue weighted by atomic mass is 16.5. The van der Waals surface area contributed by atoms with Crippen molar-refractivity contribution in [3.63, 3.8) is 0 Å². The first-order valence-electron chi connectivity index (χ1n) is 5.86. The van der Waals surface area contributed by atoms with E-state index in [4.69, 9.17) is 4.74 Å². The quantitative estimate of drug-likeness (QED) is 0.676. The summed E-state index contributed by atoms with van der Waals surface area (Å²) in [6.45, 7) is 5.72. The smallest absolute Gasteiger partial charge is 0.303 e. The number of hydrogen-bond donors (Lipinski definition) is 0. The van der Waals surface area contributed by atoms with Gasteiger partial charge in [0.2, 0.25) is 0 Å². The summed E-state index contributed by atoms with van der Waals surface area (Å²) in [5.74, 6) is -0.182. The van der Waals surface area contributed by atoms with Crippen molar-refractivity contribution in [2.24, 2.45) is 0 Å². The van der Waals surface area contributed by atoms with E-state index in [-0.39, 0.29) is 12.1 Å². The van der Waals surface area contributed by atoms with Crippen LogP contribution in [0.2, 0.25) is 0 Å². The van der Waals surface area contributed by atoms with Gasteiger partial charge in [0.15, 0.2) is 0 Å². The number of fused-ring (bicyclic) bond motifs is 1. The molecule has 0 heterocycles. The fraction of sp³-hybridized carbons (Fsp3) is 0.500. The molecule has 1 aliphatic rings. The molecule has 0 fully saturated rings. The van der Waals surface area contributed by atoms with Crippen LogP contribution >= 0.6 is 0 Å². The number of esters is 1. The second-order valence-electron chi connectivity index (χ2n) is 4.58. The van der Waals surface area contributed by atoms with Crippen LogP contribution in [0.15, 0.2) is 12.1 Å². The van der Waals surface area contributed by atoms with Crippen molar-refractivity contribution in [2.75, 3.05) is 0 Å². The Hall–Kier alpha value is -1.31. The van der Waals surface area contributed by atoms with E-state index < -0.39 is 0 Å². The second kappa shape index (κ2) is 4.28. The zero-order chi connectivity index (χ0) is 11.7. The predicted molar refractivity (Wildman–Crippen MR) is 63.4 cm³/mol. The zero-order valence-electron chi connectivity index (χ0n) is 10.2. The molecule has 0 N–H and O–H groups in total. The minimum Gasteiger partial charge on any atom is -0.458 e. The number of aryl methyl sites for hydroxylation is 2. The Kier molecular flexibility index (Phi) is 2.99. The largest absolute Gasteiger partial charge is 0.458 e. The molecule has 2 heteroatoms. The van der Waals surface area contributed by atoms with Gasteiger partial charge in [0.1, 0.15) is 6.10 Å². The summed E-state index contributed by atoms with van der Waals surface area (Å²) >= 11 is 0. The Balaban J connectivity index is 2.44. The van der Waals surface area contributed by atoms with Crippen molar-refractivity contribution in [3.05, 3.63) is 34.4 Å². The Labute approximate surface area is 96.6 Å². The molecule has 1 aliphatic carbocycles. The summed E-state index contributed by atoms with van der Waals surface area (Å²) in [7, 11) is 0. The summed E-state index contributed by atoms with van der Waals surface area (Å²) in [6, 6.07) is 4.28. The third-order valence-corrected chi connectivity index (χ3v) is 3.33. The van der Waals surface area contributed by atoms with Gasteiger partial charge in [0.25, 0.3) is 0 Å². The van der Waals surface area contributed by atoms with E-state index in [2.05, 4.69) is 26.0 Å². The minimum atomic E-state index is -0.182. The van der Waals surface area contributed by atoms with Crippen LogP contribution in [-0.2, 0) is 16.0 Å². The summed E-state index contributed by atoms with van der Waals surface area (Å²) < 4.78 is 5.41. The molecule has 2 nitrogen and oxygen atoms in total. The van der Waals surface area contributed by atoms with Crippen LogP contribution < -0.4 is 0 Å². The number of benzene rings is 1. The Bertz CT molecular complexity index is 421. The van der Waals surface area contributed by atoms with Crippen LogP contribution in [-0.4, -0.2) is 5.97 Å². The van der Waals surface area contributed by atoms with E-state index in [0.29, 0.717) is 0 Å². The maximum atomic E-state index is 11.1. The third-order valence-electron chi connectivity index (χ3n) is 3.33. The van der Waals surface area contributed by atoms with Crippen LogP contribution in [0.25, 0.3) is 0 Å². The molecule has 0 saturated heterocycles. The van der Waals surface area contributed by atoms with Crippen LogP contribution in [0.3, 0.4) is 0 Å². The lowest BCUT2D eigenvalue weighted by Gasteiger charge is -2.28. The van der Waals surface area contributed by atoms with Crippen molar-refractivity contribution < 1.29 is 9.53 Å². The molecule has 0 spiro atoms. The molecule has 0 aliphatic heterocycles. The SMILES string of the molecule is CC(=O)O[C@@H]1CCCc2c(C)ccc(C)c21. The van der Waals surface area contributed by atoms with E-state index in [0.717, 1.165) is 19.3 Å². The lowest BCUT2D eigenvalue weighted by atomic mass is 9.84. The van der Waals surface area contributed by atoms with E-state index in [9.17, 15) is 4.79 Å². The molecule has 2 rings (SSSR count). The average molecular weight is 218 g/mol. The van der Waals surface area contributed by atoms with E-state index in [1.54, 1.807) is 0 Å². The highest BCUT2D eigenvalue weighted by Crippen LogP contribution is 2.36. The van der Waals surface area contributed by atoms with E-state index in [1.807, 2.05) is 0 Å². The molecule has 1 atom stereocenters. The molecular formula is C14H18O2. The van der Waals surface area contributed by atoms with Gasteiger partial charge in [-0.15, -0.1) is 0 Å². The van der Waals surface area contributed by atoms with Crippen molar-refractivity contribution >= 4 is 5.97 Å². The number of ether oxygens (including phenoxy) is 1. The second-order valence-corrected chi connectivity index (χ2v) is 4.58. The predicted octanol–water partition coefficient (Wildman–Crippen LogP) is 3.24. The van der Waals surface area contributed by atoms with Gasteiger partial charge in [-0.3, -0.25) is 4.79 Å². The van der Waals surface area contributed by atoms with Crippen molar-refractivity contribution in [1.82, 2.24) is 0 Å². The average Bonchev–Trinajstić information content (AvgIpc) is 2.23. The van der Waals surface area contributed by atoms with Crippen LogP contribution in [0.5, 0.6) is 0 Å². The standard InChI is InChI=1S/C14H18O2/c1-9-7-8-10(2)14-12(9)5-4-6-13(14)16-11(3)15/h7-8,13H,4-6H2,1-3H3/t13-/m1/s1. The first-order chi connectivity index (χ1) is 7.59. The molecular weight excluding hydrogens is 200 g/mol. The lowest BCUT2D eigenvalue weighted by Crippen LogP contribution is -2.17. The number of hydrogen-bond acceptors (Lipinski definition) is 2. The molecule has 0 bridgehead atoms. The normalized spacial score (nSPS) is 19.1. The van der Waals surface area contributed by atoms with Crippen LogP contribution in [0.1, 0.15) is 48.1 Å². The minimum absolute atomic E-state index is 0.0267. The Morgan fingerprint density at radius 2 is 2.00 bits per heavy atom. The van der Waals surface area contributed by atoms with Crippen molar-refractivity contribution in [2.45, 2.75) is 46.1 Å². The molecule has 86 valence electrons. The molecule has 1 aromatic rings. The number of carbonyl (C=O) groups excluding carboxylic acids is 1. The van der Waals surface area contributed by atoms with Gasteiger partial charge in [-0.05, 0) is 55.4 Å². The van der Waals surface area contributed by atoms with Gasteiger partial charge in [-0.25, -0.2) is 0 Å². The fourth-order valence-corrected chi connectivity index (χ4v) is 2.60. The van der Waals surface area contributed by atoms with E-state index >= 15 is 0 Å². The maximum absolute atomic E-state index is 11.1. The first-order valence-corrected chi connectivity index (χ1v) is 5.86. The summed E-state index contributed by atoms with van der Waals surface area (Å²) in [5.41, 5.74) is 5.20. The number of rotatable bonds is 1.